The van der Waals surface area contributed by atoms with Crippen molar-refractivity contribution in [3.8, 4) is 0 Å². The van der Waals surface area contributed by atoms with Gasteiger partial charge in [-0.2, -0.15) is 11.8 Å². The topological polar surface area (TPSA) is 35.2 Å². The Morgan fingerprint density at radius 3 is 2.85 bits per heavy atom. The fourth-order valence-electron chi connectivity index (χ4n) is 1.30. The molecule has 1 aliphatic heterocycles. The highest BCUT2D eigenvalue weighted by molar-refractivity contribution is 7.99. The normalized spacial score (nSPS) is 25.4. The van der Waals surface area contributed by atoms with Crippen LogP contribution >= 0.6 is 11.8 Å². The molecule has 2 atom stereocenters. The molecule has 3 heteroatoms. The number of nitrogens with two attached hydrogens (primary N) is 1. The molecule has 1 heterocycles. The molecule has 2 unspecified atom stereocenters. The van der Waals surface area contributed by atoms with E-state index >= 15 is 0 Å². The van der Waals surface area contributed by atoms with Crippen LogP contribution in [-0.2, 0) is 4.74 Å². The van der Waals surface area contributed by atoms with E-state index in [0.29, 0.717) is 18.1 Å². The Bertz CT molecular complexity index is 133. The first-order valence-electron chi connectivity index (χ1n) is 5.15. The van der Waals surface area contributed by atoms with Gasteiger partial charge < -0.3 is 10.5 Å². The van der Waals surface area contributed by atoms with Crippen molar-refractivity contribution < 1.29 is 4.74 Å². The van der Waals surface area contributed by atoms with Gasteiger partial charge in [-0.15, -0.1) is 0 Å². The van der Waals surface area contributed by atoms with Crippen LogP contribution in [0.3, 0.4) is 0 Å². The smallest absolute Gasteiger partial charge is 0.0666 e. The van der Waals surface area contributed by atoms with Gasteiger partial charge in [0.2, 0.25) is 0 Å². The van der Waals surface area contributed by atoms with E-state index in [1.807, 2.05) is 11.8 Å². The summed E-state index contributed by atoms with van der Waals surface area (Å²) in [6, 6.07) is 0.339. The van der Waals surface area contributed by atoms with Crippen LogP contribution in [0.5, 0.6) is 0 Å². The molecule has 0 aromatic heterocycles. The first kappa shape index (κ1) is 11.3. The van der Waals surface area contributed by atoms with Crippen LogP contribution < -0.4 is 5.73 Å². The van der Waals surface area contributed by atoms with Crippen molar-refractivity contribution in [3.63, 3.8) is 0 Å². The monoisotopic (exact) mass is 203 g/mol. The van der Waals surface area contributed by atoms with E-state index in [4.69, 9.17) is 10.5 Å². The van der Waals surface area contributed by atoms with E-state index < -0.39 is 0 Å². The van der Waals surface area contributed by atoms with Crippen LogP contribution in [-0.4, -0.2) is 30.3 Å². The highest BCUT2D eigenvalue weighted by atomic mass is 32.2. The van der Waals surface area contributed by atoms with E-state index in [9.17, 15) is 0 Å². The van der Waals surface area contributed by atoms with Gasteiger partial charge in [-0.05, 0) is 18.8 Å². The molecule has 0 spiro atoms. The third-order valence-corrected chi connectivity index (χ3v) is 3.72. The molecule has 0 amide bonds. The Labute approximate surface area is 85.6 Å². The standard InChI is InChI=1S/C10H21NOS/c1-8(2)10(11)7-13-6-9-4-3-5-12-9/h8-10H,3-7,11H2,1-2H3. The third kappa shape index (κ3) is 4.34. The molecule has 1 fully saturated rings. The minimum Gasteiger partial charge on any atom is -0.377 e. The molecular weight excluding hydrogens is 182 g/mol. The fourth-order valence-corrected chi connectivity index (χ4v) is 2.62. The molecule has 1 aliphatic rings. The average molecular weight is 203 g/mol. The summed E-state index contributed by atoms with van der Waals surface area (Å²) in [6.07, 6.45) is 2.98. The summed E-state index contributed by atoms with van der Waals surface area (Å²) in [5, 5.41) is 0. The minimum atomic E-state index is 0.339. The molecule has 1 rings (SSSR count). The third-order valence-electron chi connectivity index (χ3n) is 2.49. The van der Waals surface area contributed by atoms with Crippen LogP contribution in [0.1, 0.15) is 26.7 Å². The summed E-state index contributed by atoms with van der Waals surface area (Å²) in [4.78, 5) is 0. The first-order valence-corrected chi connectivity index (χ1v) is 6.30. The van der Waals surface area contributed by atoms with Crippen LogP contribution in [0.4, 0.5) is 0 Å². The van der Waals surface area contributed by atoms with Crippen LogP contribution in [0, 0.1) is 5.92 Å². The van der Waals surface area contributed by atoms with Crippen molar-refractivity contribution >= 4 is 11.8 Å². The van der Waals surface area contributed by atoms with Crippen LogP contribution in [0.15, 0.2) is 0 Å². The Kier molecular flexibility index (Phi) is 5.14. The summed E-state index contributed by atoms with van der Waals surface area (Å²) in [5.74, 6) is 2.79. The average Bonchev–Trinajstić information content (AvgIpc) is 2.56. The number of rotatable bonds is 5. The molecule has 78 valence electrons. The predicted molar refractivity (Wildman–Crippen MR) is 59.1 cm³/mol. The Morgan fingerprint density at radius 2 is 2.31 bits per heavy atom. The van der Waals surface area contributed by atoms with Gasteiger partial charge in [0.15, 0.2) is 0 Å². The second kappa shape index (κ2) is 5.89. The van der Waals surface area contributed by atoms with Gasteiger partial charge in [0.1, 0.15) is 0 Å². The highest BCUT2D eigenvalue weighted by Gasteiger charge is 2.16. The van der Waals surface area contributed by atoms with Gasteiger partial charge in [-0.3, -0.25) is 0 Å². The maximum absolute atomic E-state index is 5.94. The molecule has 0 aliphatic carbocycles. The summed E-state index contributed by atoms with van der Waals surface area (Å²) < 4.78 is 5.53. The van der Waals surface area contributed by atoms with Crippen molar-refractivity contribution in [3.05, 3.63) is 0 Å². The zero-order valence-electron chi connectivity index (χ0n) is 8.66. The van der Waals surface area contributed by atoms with E-state index in [2.05, 4.69) is 13.8 Å². The van der Waals surface area contributed by atoms with E-state index in [1.165, 1.54) is 12.8 Å². The summed E-state index contributed by atoms with van der Waals surface area (Å²) in [5.41, 5.74) is 5.94. The van der Waals surface area contributed by atoms with Gasteiger partial charge in [0.25, 0.3) is 0 Å². The zero-order chi connectivity index (χ0) is 9.68. The Morgan fingerprint density at radius 1 is 1.54 bits per heavy atom. The van der Waals surface area contributed by atoms with Crippen LogP contribution in [0.2, 0.25) is 0 Å². The first-order chi connectivity index (χ1) is 6.20. The molecule has 0 saturated carbocycles. The van der Waals surface area contributed by atoms with Gasteiger partial charge in [-0.1, -0.05) is 13.8 Å². The molecule has 1 saturated heterocycles. The lowest BCUT2D eigenvalue weighted by Crippen LogP contribution is -2.29. The largest absolute Gasteiger partial charge is 0.377 e. The van der Waals surface area contributed by atoms with Crippen molar-refractivity contribution in [2.24, 2.45) is 11.7 Å². The second-order valence-corrected chi connectivity index (χ2v) is 5.16. The van der Waals surface area contributed by atoms with Crippen molar-refractivity contribution in [2.45, 2.75) is 38.8 Å². The van der Waals surface area contributed by atoms with Crippen LogP contribution in [0.25, 0.3) is 0 Å². The molecule has 13 heavy (non-hydrogen) atoms. The quantitative estimate of drug-likeness (QED) is 0.741. The SMILES string of the molecule is CC(C)C(N)CSCC1CCCO1. The second-order valence-electron chi connectivity index (χ2n) is 4.08. The molecule has 2 N–H and O–H groups in total. The lowest BCUT2D eigenvalue weighted by molar-refractivity contribution is 0.129. The predicted octanol–water partition coefficient (Wildman–Crippen LogP) is 1.88. The molecule has 0 aromatic carbocycles. The van der Waals surface area contributed by atoms with Gasteiger partial charge in [0, 0.05) is 24.2 Å². The molecule has 0 radical (unpaired) electrons. The zero-order valence-corrected chi connectivity index (χ0v) is 9.48. The summed E-state index contributed by atoms with van der Waals surface area (Å²) >= 11 is 1.94. The van der Waals surface area contributed by atoms with Crippen molar-refractivity contribution in [1.82, 2.24) is 0 Å². The number of hydrogen-bond donors (Lipinski definition) is 1. The molecular formula is C10H21NOS. The highest BCUT2D eigenvalue weighted by Crippen LogP contribution is 2.18. The van der Waals surface area contributed by atoms with Gasteiger partial charge in [0.05, 0.1) is 6.10 Å². The van der Waals surface area contributed by atoms with Crippen molar-refractivity contribution in [2.75, 3.05) is 18.1 Å². The van der Waals surface area contributed by atoms with Gasteiger partial charge in [-0.25, -0.2) is 0 Å². The fraction of sp³-hybridized carbons (Fsp3) is 1.00. The Hall–Kier alpha value is 0.270. The van der Waals surface area contributed by atoms with Crippen molar-refractivity contribution in [1.29, 1.82) is 0 Å². The van der Waals surface area contributed by atoms with E-state index in [0.717, 1.165) is 18.1 Å². The number of hydrogen-bond acceptors (Lipinski definition) is 3. The maximum Gasteiger partial charge on any atom is 0.0666 e. The Balaban J connectivity index is 1.99. The van der Waals surface area contributed by atoms with E-state index in [1.54, 1.807) is 0 Å². The molecule has 0 bridgehead atoms. The lowest BCUT2D eigenvalue weighted by Gasteiger charge is -2.16. The minimum absolute atomic E-state index is 0.339. The molecule has 2 nitrogen and oxygen atoms in total. The van der Waals surface area contributed by atoms with Gasteiger partial charge >= 0.3 is 0 Å². The number of ether oxygens (including phenoxy) is 1. The molecule has 0 aromatic rings. The summed E-state index contributed by atoms with van der Waals surface area (Å²) in [6.45, 7) is 5.32. The lowest BCUT2D eigenvalue weighted by atomic mass is 10.1. The number of thioether (sulfide) groups is 1. The van der Waals surface area contributed by atoms with E-state index in [-0.39, 0.29) is 0 Å². The summed E-state index contributed by atoms with van der Waals surface area (Å²) in [7, 11) is 0. The maximum atomic E-state index is 5.94.